The number of nitriles is 1. The predicted molar refractivity (Wildman–Crippen MR) is 169 cm³/mol. The minimum Gasteiger partial charge on any atom is -0.322 e. The number of hydrogen-bond donors (Lipinski definition) is 2. The number of nitro groups is 1. The third kappa shape index (κ3) is 6.95. The number of carbonyl (C=O) groups is 2. The number of nitro benzene ring substituents is 1. The molecule has 4 aromatic carbocycles. The van der Waals surface area contributed by atoms with Gasteiger partial charge in [-0.3, -0.25) is 19.7 Å². The van der Waals surface area contributed by atoms with Gasteiger partial charge in [-0.1, -0.05) is 42.1 Å². The van der Waals surface area contributed by atoms with E-state index in [1.165, 1.54) is 23.5 Å². The summed E-state index contributed by atoms with van der Waals surface area (Å²) in [4.78, 5) is 41.7. The fraction of sp³-hybridized carbons (Fsp3) is 0.0625. The highest BCUT2D eigenvalue weighted by molar-refractivity contribution is 8.01. The van der Waals surface area contributed by atoms with Gasteiger partial charge in [-0.15, -0.1) is 11.3 Å². The van der Waals surface area contributed by atoms with Crippen LogP contribution in [0.25, 0.3) is 16.3 Å². The quantitative estimate of drug-likeness (QED) is 0.0797. The Morgan fingerprint density at radius 3 is 2.42 bits per heavy atom. The van der Waals surface area contributed by atoms with Crippen LogP contribution in [0.1, 0.15) is 27.0 Å². The Labute approximate surface area is 255 Å². The molecule has 0 aliphatic heterocycles. The van der Waals surface area contributed by atoms with Crippen molar-refractivity contribution in [1.29, 1.82) is 5.26 Å². The van der Waals surface area contributed by atoms with Crippen LogP contribution in [0.15, 0.2) is 99.7 Å². The van der Waals surface area contributed by atoms with E-state index >= 15 is 0 Å². The molecule has 2 amide bonds. The van der Waals surface area contributed by atoms with E-state index in [1.807, 2.05) is 44.2 Å². The number of nitrogens with zero attached hydrogens (tertiary/aromatic N) is 3. The van der Waals surface area contributed by atoms with Crippen molar-refractivity contribution in [2.75, 3.05) is 10.6 Å². The second-order valence-corrected chi connectivity index (χ2v) is 11.8. The molecule has 0 saturated carbocycles. The Morgan fingerprint density at radius 1 is 0.953 bits per heavy atom. The Kier molecular flexibility index (Phi) is 8.61. The Balaban J connectivity index is 1.34. The molecule has 1 aromatic heterocycles. The SMILES string of the molecule is Cc1ccc(NC(=O)/C(C#N)=C/c2ccc(Sc3nc4ccc(NC(=O)c5ccccc5)cc4s3)c([N+](=O)[O-])c2)cc1C. The maximum atomic E-state index is 12.7. The van der Waals surface area contributed by atoms with Crippen molar-refractivity contribution in [2.24, 2.45) is 0 Å². The second-order valence-electron chi connectivity index (χ2n) is 9.49. The monoisotopic (exact) mass is 605 g/mol. The van der Waals surface area contributed by atoms with Crippen molar-refractivity contribution in [3.63, 3.8) is 0 Å². The summed E-state index contributed by atoms with van der Waals surface area (Å²) in [5.74, 6) is -0.841. The fourth-order valence-electron chi connectivity index (χ4n) is 4.10. The summed E-state index contributed by atoms with van der Waals surface area (Å²) in [5.41, 5.74) is 4.43. The average molecular weight is 606 g/mol. The van der Waals surface area contributed by atoms with Crippen LogP contribution in [-0.4, -0.2) is 21.7 Å². The van der Waals surface area contributed by atoms with Gasteiger partial charge in [-0.05, 0) is 85.1 Å². The number of benzene rings is 4. The minimum atomic E-state index is -0.610. The molecular weight excluding hydrogens is 583 g/mol. The summed E-state index contributed by atoms with van der Waals surface area (Å²) < 4.78 is 1.39. The van der Waals surface area contributed by atoms with Gasteiger partial charge in [0.05, 0.1) is 20.0 Å². The topological polar surface area (TPSA) is 138 Å². The fourth-order valence-corrected chi connectivity index (χ4v) is 6.25. The molecule has 9 nitrogen and oxygen atoms in total. The van der Waals surface area contributed by atoms with E-state index in [4.69, 9.17) is 0 Å². The third-order valence-corrected chi connectivity index (χ3v) is 8.62. The number of amides is 2. The molecule has 2 N–H and O–H groups in total. The van der Waals surface area contributed by atoms with Gasteiger partial charge in [0, 0.05) is 23.0 Å². The van der Waals surface area contributed by atoms with E-state index in [-0.39, 0.29) is 17.2 Å². The molecular formula is C32H23N5O4S2. The van der Waals surface area contributed by atoms with Crippen LogP contribution < -0.4 is 10.6 Å². The zero-order chi connectivity index (χ0) is 30.5. The Morgan fingerprint density at radius 2 is 1.70 bits per heavy atom. The molecule has 1 heterocycles. The van der Waals surface area contributed by atoms with Gasteiger partial charge in [-0.2, -0.15) is 5.26 Å². The van der Waals surface area contributed by atoms with Crippen molar-refractivity contribution in [3.05, 3.63) is 123 Å². The molecule has 0 saturated heterocycles. The zero-order valence-electron chi connectivity index (χ0n) is 23.0. The number of fused-ring (bicyclic) bond motifs is 1. The highest BCUT2D eigenvalue weighted by Gasteiger charge is 2.19. The molecule has 0 fully saturated rings. The van der Waals surface area contributed by atoms with Gasteiger partial charge in [-0.25, -0.2) is 4.98 Å². The number of aryl methyl sites for hydroxylation is 2. The molecule has 0 atom stereocenters. The highest BCUT2D eigenvalue weighted by atomic mass is 32.2. The molecule has 212 valence electrons. The molecule has 0 aliphatic rings. The van der Waals surface area contributed by atoms with Crippen molar-refractivity contribution < 1.29 is 14.5 Å². The summed E-state index contributed by atoms with van der Waals surface area (Å²) in [6.45, 7) is 3.88. The van der Waals surface area contributed by atoms with Gasteiger partial charge >= 0.3 is 0 Å². The van der Waals surface area contributed by atoms with Crippen LogP contribution in [-0.2, 0) is 4.79 Å². The van der Waals surface area contributed by atoms with Crippen LogP contribution in [0.2, 0.25) is 0 Å². The Bertz CT molecular complexity index is 1960. The molecule has 0 spiro atoms. The first kappa shape index (κ1) is 29.2. The lowest BCUT2D eigenvalue weighted by molar-refractivity contribution is -0.387. The Hall–Kier alpha value is -5.31. The maximum Gasteiger partial charge on any atom is 0.283 e. The number of thiazole rings is 1. The molecule has 0 aliphatic carbocycles. The highest BCUT2D eigenvalue weighted by Crippen LogP contribution is 2.40. The molecule has 5 aromatic rings. The standard InChI is InChI=1S/C32H23N5O4S2/c1-19-8-10-24(14-20(19)2)34-31(39)23(18-33)15-21-9-13-28(27(16-21)37(40)41)42-32-36-26-12-11-25(17-29(26)43-32)35-30(38)22-6-4-3-5-7-22/h3-17H,1-2H3,(H,34,39)(H,35,38)/b23-15+. The van der Waals surface area contributed by atoms with Crippen LogP contribution in [0.4, 0.5) is 17.1 Å². The second kappa shape index (κ2) is 12.7. The molecule has 0 bridgehead atoms. The van der Waals surface area contributed by atoms with Crippen molar-refractivity contribution >= 4 is 68.3 Å². The van der Waals surface area contributed by atoms with E-state index in [2.05, 4.69) is 15.6 Å². The number of aromatic nitrogens is 1. The zero-order valence-corrected chi connectivity index (χ0v) is 24.6. The summed E-state index contributed by atoms with van der Waals surface area (Å²) in [7, 11) is 0. The van der Waals surface area contributed by atoms with Crippen molar-refractivity contribution in [1.82, 2.24) is 4.98 Å². The average Bonchev–Trinajstić information content (AvgIpc) is 3.40. The van der Waals surface area contributed by atoms with Crippen LogP contribution in [0, 0.1) is 35.3 Å². The van der Waals surface area contributed by atoms with Gasteiger partial charge < -0.3 is 10.6 Å². The molecule has 5 rings (SSSR count). The first-order valence-electron chi connectivity index (χ1n) is 12.9. The summed E-state index contributed by atoms with van der Waals surface area (Å²) >= 11 is 2.49. The lowest BCUT2D eigenvalue weighted by atomic mass is 10.1. The van der Waals surface area contributed by atoms with E-state index in [0.717, 1.165) is 27.6 Å². The van der Waals surface area contributed by atoms with E-state index in [9.17, 15) is 25.0 Å². The van der Waals surface area contributed by atoms with E-state index in [0.29, 0.717) is 37.3 Å². The summed E-state index contributed by atoms with van der Waals surface area (Å²) in [6, 6.07) is 26.0. The lowest BCUT2D eigenvalue weighted by Crippen LogP contribution is -2.13. The van der Waals surface area contributed by atoms with Gasteiger partial charge in [0.15, 0.2) is 4.34 Å². The number of rotatable bonds is 8. The van der Waals surface area contributed by atoms with Gasteiger partial charge in [0.25, 0.3) is 17.5 Å². The van der Waals surface area contributed by atoms with Crippen molar-refractivity contribution in [2.45, 2.75) is 23.1 Å². The first-order chi connectivity index (χ1) is 20.7. The van der Waals surface area contributed by atoms with E-state index < -0.39 is 10.8 Å². The maximum absolute atomic E-state index is 12.7. The van der Waals surface area contributed by atoms with Gasteiger partial charge in [0.1, 0.15) is 11.6 Å². The molecule has 11 heteroatoms. The predicted octanol–water partition coefficient (Wildman–Crippen LogP) is 7.77. The number of hydrogen-bond acceptors (Lipinski definition) is 8. The normalized spacial score (nSPS) is 11.1. The van der Waals surface area contributed by atoms with Gasteiger partial charge in [0.2, 0.25) is 0 Å². The van der Waals surface area contributed by atoms with Crippen LogP contribution >= 0.6 is 23.1 Å². The van der Waals surface area contributed by atoms with E-state index in [1.54, 1.807) is 54.6 Å². The lowest BCUT2D eigenvalue weighted by Gasteiger charge is -2.07. The first-order valence-corrected chi connectivity index (χ1v) is 14.6. The largest absolute Gasteiger partial charge is 0.322 e. The minimum absolute atomic E-state index is 0.180. The number of anilines is 2. The molecule has 0 radical (unpaired) electrons. The molecule has 0 unspecified atom stereocenters. The summed E-state index contributed by atoms with van der Waals surface area (Å²) in [5, 5.41) is 27.1. The number of nitrogens with one attached hydrogen (secondary N) is 2. The number of carbonyl (C=O) groups excluding carboxylic acids is 2. The summed E-state index contributed by atoms with van der Waals surface area (Å²) in [6.07, 6.45) is 1.32. The third-order valence-electron chi connectivity index (χ3n) is 6.48. The smallest absolute Gasteiger partial charge is 0.283 e. The van der Waals surface area contributed by atoms with Crippen LogP contribution in [0.5, 0.6) is 0 Å². The van der Waals surface area contributed by atoms with Crippen LogP contribution in [0.3, 0.4) is 0 Å². The molecule has 43 heavy (non-hydrogen) atoms. The van der Waals surface area contributed by atoms with Crippen molar-refractivity contribution in [3.8, 4) is 6.07 Å².